The van der Waals surface area contributed by atoms with Gasteiger partial charge in [-0.05, 0) is 31.0 Å². The van der Waals surface area contributed by atoms with Gasteiger partial charge in [0, 0.05) is 19.5 Å². The van der Waals surface area contributed by atoms with Crippen LogP contribution in [-0.2, 0) is 12.8 Å². The number of furan rings is 1. The largest absolute Gasteiger partial charge is 0.469 e. The zero-order valence-corrected chi connectivity index (χ0v) is 16.5. The SMILES string of the molecule is C=C(C)CN=C(NCCc1ccccc1)NCCc1ccco1.I. The van der Waals surface area contributed by atoms with Crippen LogP contribution in [0.15, 0.2) is 70.3 Å². The summed E-state index contributed by atoms with van der Waals surface area (Å²) in [5, 5.41) is 6.71. The summed E-state index contributed by atoms with van der Waals surface area (Å²) >= 11 is 0. The highest BCUT2D eigenvalue weighted by molar-refractivity contribution is 14.0. The molecule has 2 N–H and O–H groups in total. The molecule has 0 radical (unpaired) electrons. The zero-order chi connectivity index (χ0) is 16.3. The fourth-order valence-corrected chi connectivity index (χ4v) is 2.12. The third-order valence-electron chi connectivity index (χ3n) is 3.30. The van der Waals surface area contributed by atoms with Gasteiger partial charge in [0.15, 0.2) is 5.96 Å². The van der Waals surface area contributed by atoms with Crippen LogP contribution in [0.4, 0.5) is 0 Å². The van der Waals surface area contributed by atoms with Crippen molar-refractivity contribution in [3.8, 4) is 0 Å². The average Bonchev–Trinajstić information content (AvgIpc) is 3.06. The Bertz CT molecular complexity index is 609. The maximum atomic E-state index is 5.34. The number of aliphatic imine (C=N–C) groups is 1. The molecule has 0 aliphatic carbocycles. The highest BCUT2D eigenvalue weighted by atomic mass is 127. The van der Waals surface area contributed by atoms with Gasteiger partial charge in [-0.3, -0.25) is 0 Å². The number of nitrogens with one attached hydrogen (secondary N) is 2. The zero-order valence-electron chi connectivity index (χ0n) is 14.1. The van der Waals surface area contributed by atoms with Crippen molar-refractivity contribution in [2.45, 2.75) is 19.8 Å². The Labute approximate surface area is 161 Å². The molecule has 4 nitrogen and oxygen atoms in total. The van der Waals surface area contributed by atoms with Crippen molar-refractivity contribution in [3.05, 3.63) is 72.2 Å². The molecule has 2 aromatic rings. The van der Waals surface area contributed by atoms with Crippen molar-refractivity contribution in [1.29, 1.82) is 0 Å². The molecule has 0 aliphatic heterocycles. The number of halogens is 1. The summed E-state index contributed by atoms with van der Waals surface area (Å²) in [4.78, 5) is 4.54. The van der Waals surface area contributed by atoms with E-state index in [2.05, 4.69) is 46.5 Å². The predicted molar refractivity (Wildman–Crippen MR) is 111 cm³/mol. The Kier molecular flexibility index (Phi) is 9.91. The predicted octanol–water partition coefficient (Wildman–Crippen LogP) is 3.79. The Hall–Kier alpha value is -1.76. The molecule has 0 saturated carbocycles. The van der Waals surface area contributed by atoms with Crippen molar-refractivity contribution in [2.75, 3.05) is 19.6 Å². The summed E-state index contributed by atoms with van der Waals surface area (Å²) in [6.07, 6.45) is 3.50. The third-order valence-corrected chi connectivity index (χ3v) is 3.30. The van der Waals surface area contributed by atoms with E-state index in [-0.39, 0.29) is 24.0 Å². The Morgan fingerprint density at radius 3 is 2.38 bits per heavy atom. The fraction of sp³-hybridized carbons (Fsp3) is 0.316. The van der Waals surface area contributed by atoms with E-state index in [0.717, 1.165) is 43.2 Å². The molecule has 0 atom stereocenters. The van der Waals surface area contributed by atoms with Crippen molar-refractivity contribution in [2.24, 2.45) is 4.99 Å². The first-order valence-corrected chi connectivity index (χ1v) is 7.97. The lowest BCUT2D eigenvalue weighted by molar-refractivity contribution is 0.507. The van der Waals surface area contributed by atoms with Crippen LogP contribution >= 0.6 is 24.0 Å². The maximum Gasteiger partial charge on any atom is 0.191 e. The van der Waals surface area contributed by atoms with Gasteiger partial charge in [-0.15, -0.1) is 24.0 Å². The monoisotopic (exact) mass is 439 g/mol. The maximum absolute atomic E-state index is 5.34. The van der Waals surface area contributed by atoms with Gasteiger partial charge in [-0.2, -0.15) is 0 Å². The van der Waals surface area contributed by atoms with Crippen molar-refractivity contribution in [3.63, 3.8) is 0 Å². The van der Waals surface area contributed by atoms with Gasteiger partial charge < -0.3 is 15.1 Å². The van der Waals surface area contributed by atoms with Gasteiger partial charge in [-0.25, -0.2) is 4.99 Å². The second kappa shape index (κ2) is 11.7. The van der Waals surface area contributed by atoms with Crippen molar-refractivity contribution < 1.29 is 4.42 Å². The van der Waals surface area contributed by atoms with E-state index in [4.69, 9.17) is 4.42 Å². The molecule has 130 valence electrons. The normalized spacial score (nSPS) is 10.8. The minimum absolute atomic E-state index is 0. The number of rotatable bonds is 8. The lowest BCUT2D eigenvalue weighted by Gasteiger charge is -2.12. The highest BCUT2D eigenvalue weighted by Gasteiger charge is 2.00. The summed E-state index contributed by atoms with van der Waals surface area (Å²) in [6, 6.07) is 14.3. The third kappa shape index (κ3) is 8.19. The average molecular weight is 439 g/mol. The van der Waals surface area contributed by atoms with Crippen LogP contribution in [0, 0.1) is 0 Å². The van der Waals surface area contributed by atoms with E-state index in [1.54, 1.807) is 6.26 Å². The molecule has 0 bridgehead atoms. The molecule has 2 rings (SSSR count). The lowest BCUT2D eigenvalue weighted by Crippen LogP contribution is -2.39. The number of hydrogen-bond acceptors (Lipinski definition) is 2. The van der Waals surface area contributed by atoms with Gasteiger partial charge in [0.1, 0.15) is 5.76 Å². The van der Waals surface area contributed by atoms with Gasteiger partial charge >= 0.3 is 0 Å². The van der Waals surface area contributed by atoms with Gasteiger partial charge in [0.2, 0.25) is 0 Å². The van der Waals surface area contributed by atoms with Crippen LogP contribution in [-0.4, -0.2) is 25.6 Å². The van der Waals surface area contributed by atoms with Crippen LogP contribution in [0.2, 0.25) is 0 Å². The van der Waals surface area contributed by atoms with Crippen molar-refractivity contribution in [1.82, 2.24) is 10.6 Å². The van der Waals surface area contributed by atoms with Crippen molar-refractivity contribution >= 4 is 29.9 Å². The smallest absolute Gasteiger partial charge is 0.191 e. The van der Waals surface area contributed by atoms with E-state index >= 15 is 0 Å². The number of benzene rings is 1. The summed E-state index contributed by atoms with van der Waals surface area (Å²) in [6.45, 7) is 8.12. The second-order valence-electron chi connectivity index (χ2n) is 5.54. The van der Waals surface area contributed by atoms with Gasteiger partial charge in [0.25, 0.3) is 0 Å². The molecule has 1 heterocycles. The standard InChI is InChI=1S/C19H25N3O.HI/c1-16(2)15-22-19(21-13-11-18-9-6-14-23-18)20-12-10-17-7-4-3-5-8-17;/h3-9,14H,1,10-13,15H2,2H3,(H2,20,21,22);1H. The molecule has 5 heteroatoms. The minimum Gasteiger partial charge on any atom is -0.469 e. The molecular weight excluding hydrogens is 413 g/mol. The Balaban J connectivity index is 0.00000288. The van der Waals surface area contributed by atoms with Crippen LogP contribution in [0.25, 0.3) is 0 Å². The van der Waals surface area contributed by atoms with Gasteiger partial charge in [-0.1, -0.05) is 42.5 Å². The Morgan fingerprint density at radius 2 is 1.75 bits per heavy atom. The summed E-state index contributed by atoms with van der Waals surface area (Å²) < 4.78 is 5.34. The minimum atomic E-state index is 0. The van der Waals surface area contributed by atoms with E-state index in [9.17, 15) is 0 Å². The summed E-state index contributed by atoms with van der Waals surface area (Å²) in [7, 11) is 0. The molecule has 24 heavy (non-hydrogen) atoms. The molecule has 0 saturated heterocycles. The fourth-order valence-electron chi connectivity index (χ4n) is 2.12. The first-order valence-electron chi connectivity index (χ1n) is 7.97. The molecule has 1 aromatic heterocycles. The van der Waals surface area contributed by atoms with Crippen LogP contribution in [0.3, 0.4) is 0 Å². The van der Waals surface area contributed by atoms with Gasteiger partial charge in [0.05, 0.1) is 12.8 Å². The van der Waals surface area contributed by atoms with E-state index in [0.29, 0.717) is 6.54 Å². The highest BCUT2D eigenvalue weighted by Crippen LogP contribution is 2.00. The van der Waals surface area contributed by atoms with E-state index in [1.807, 2.05) is 25.1 Å². The quantitative estimate of drug-likeness (QED) is 0.285. The Morgan fingerprint density at radius 1 is 1.04 bits per heavy atom. The number of nitrogens with zero attached hydrogens (tertiary/aromatic N) is 1. The molecule has 0 fully saturated rings. The van der Waals surface area contributed by atoms with Crippen LogP contribution in [0.1, 0.15) is 18.2 Å². The second-order valence-corrected chi connectivity index (χ2v) is 5.54. The van der Waals surface area contributed by atoms with Crippen LogP contribution < -0.4 is 10.6 Å². The lowest BCUT2D eigenvalue weighted by atomic mass is 10.1. The van der Waals surface area contributed by atoms with Crippen LogP contribution in [0.5, 0.6) is 0 Å². The van der Waals surface area contributed by atoms with E-state index in [1.165, 1.54) is 5.56 Å². The van der Waals surface area contributed by atoms with E-state index < -0.39 is 0 Å². The molecule has 1 aromatic carbocycles. The topological polar surface area (TPSA) is 49.6 Å². The first-order chi connectivity index (χ1) is 11.2. The molecule has 0 spiro atoms. The summed E-state index contributed by atoms with van der Waals surface area (Å²) in [5.41, 5.74) is 2.36. The molecular formula is C19H26IN3O. The molecule has 0 amide bonds. The summed E-state index contributed by atoms with van der Waals surface area (Å²) in [5.74, 6) is 1.79. The first kappa shape index (κ1) is 20.3. The molecule has 0 aliphatic rings. The number of hydrogen-bond donors (Lipinski definition) is 2. The number of guanidine groups is 1. The molecule has 0 unspecified atom stereocenters.